The number of nitrogens with one attached hydrogen (secondary N) is 1. The average Bonchev–Trinajstić information content (AvgIpc) is 2.96. The predicted molar refractivity (Wildman–Crippen MR) is 106 cm³/mol. The molecule has 0 spiro atoms. The SMILES string of the molecule is C1=C(c2ccccc2)NN=C(c2ccccc2)c2nc3ccccc3n21. The third kappa shape index (κ3) is 2.40. The van der Waals surface area contributed by atoms with E-state index in [0.29, 0.717) is 0 Å². The average molecular weight is 336 g/mol. The van der Waals surface area contributed by atoms with Crippen LogP contribution in [-0.2, 0) is 0 Å². The Labute approximate surface area is 151 Å². The molecule has 0 radical (unpaired) electrons. The Kier molecular flexibility index (Phi) is 3.39. The minimum Gasteiger partial charge on any atom is -0.296 e. The topological polar surface area (TPSA) is 42.2 Å². The summed E-state index contributed by atoms with van der Waals surface area (Å²) in [5.41, 5.74) is 9.11. The van der Waals surface area contributed by atoms with E-state index in [2.05, 4.69) is 46.5 Å². The van der Waals surface area contributed by atoms with Gasteiger partial charge in [-0.2, -0.15) is 5.10 Å². The van der Waals surface area contributed by atoms with Crippen molar-refractivity contribution in [2.75, 3.05) is 0 Å². The second-order valence-electron chi connectivity index (χ2n) is 6.14. The Morgan fingerprint density at radius 1 is 0.692 bits per heavy atom. The van der Waals surface area contributed by atoms with Crippen molar-refractivity contribution in [1.82, 2.24) is 15.0 Å². The van der Waals surface area contributed by atoms with Gasteiger partial charge in [0.05, 0.1) is 16.7 Å². The second-order valence-corrected chi connectivity index (χ2v) is 6.14. The largest absolute Gasteiger partial charge is 0.296 e. The summed E-state index contributed by atoms with van der Waals surface area (Å²) in [6.07, 6.45) is 2.07. The van der Waals surface area contributed by atoms with Gasteiger partial charge in [-0.3, -0.25) is 9.99 Å². The fourth-order valence-corrected chi connectivity index (χ4v) is 3.21. The molecule has 4 heteroatoms. The highest BCUT2D eigenvalue weighted by molar-refractivity contribution is 6.13. The first-order valence-electron chi connectivity index (χ1n) is 8.54. The van der Waals surface area contributed by atoms with E-state index >= 15 is 0 Å². The molecule has 0 atom stereocenters. The summed E-state index contributed by atoms with van der Waals surface area (Å²) < 4.78 is 2.11. The van der Waals surface area contributed by atoms with Gasteiger partial charge in [0.15, 0.2) is 5.82 Å². The van der Waals surface area contributed by atoms with E-state index in [0.717, 1.165) is 39.4 Å². The third-order valence-electron chi connectivity index (χ3n) is 4.49. The van der Waals surface area contributed by atoms with E-state index in [1.165, 1.54) is 0 Å². The minimum absolute atomic E-state index is 0.823. The number of aromatic nitrogens is 2. The molecule has 5 rings (SSSR count). The van der Waals surface area contributed by atoms with Crippen LogP contribution in [0.2, 0.25) is 0 Å². The van der Waals surface area contributed by atoms with Gasteiger partial charge < -0.3 is 0 Å². The van der Waals surface area contributed by atoms with Crippen LogP contribution in [0.1, 0.15) is 17.0 Å². The Morgan fingerprint density at radius 3 is 2.12 bits per heavy atom. The molecule has 1 aliphatic rings. The molecule has 0 amide bonds. The second kappa shape index (κ2) is 6.01. The summed E-state index contributed by atoms with van der Waals surface area (Å²) in [6, 6.07) is 28.5. The van der Waals surface area contributed by atoms with Gasteiger partial charge in [-0.25, -0.2) is 4.98 Å². The van der Waals surface area contributed by atoms with Crippen LogP contribution in [0.4, 0.5) is 0 Å². The van der Waals surface area contributed by atoms with Crippen LogP contribution in [0.15, 0.2) is 90.0 Å². The highest BCUT2D eigenvalue weighted by Gasteiger charge is 2.20. The number of rotatable bonds is 2. The zero-order valence-electron chi connectivity index (χ0n) is 14.0. The van der Waals surface area contributed by atoms with Crippen LogP contribution in [0, 0.1) is 0 Å². The summed E-state index contributed by atoms with van der Waals surface area (Å²) in [5.74, 6) is 0.829. The van der Waals surface area contributed by atoms with Crippen LogP contribution >= 0.6 is 0 Å². The predicted octanol–water partition coefficient (Wildman–Crippen LogP) is 4.35. The van der Waals surface area contributed by atoms with Crippen LogP contribution in [0.3, 0.4) is 0 Å². The molecule has 1 aromatic heterocycles. The van der Waals surface area contributed by atoms with Gasteiger partial charge in [0.25, 0.3) is 0 Å². The molecule has 0 saturated heterocycles. The van der Waals surface area contributed by atoms with E-state index in [4.69, 9.17) is 10.1 Å². The minimum atomic E-state index is 0.823. The standard InChI is InChI=1S/C22H16N4/c1-3-9-16(10-4-1)19-15-26-20-14-8-7-13-18(20)23-22(26)21(25-24-19)17-11-5-2-6-12-17/h1-15,24H. The maximum Gasteiger partial charge on any atom is 0.166 e. The molecule has 124 valence electrons. The Bertz CT molecular complexity index is 1140. The van der Waals surface area contributed by atoms with Crippen molar-refractivity contribution in [3.63, 3.8) is 0 Å². The van der Waals surface area contributed by atoms with Crippen molar-refractivity contribution in [1.29, 1.82) is 0 Å². The van der Waals surface area contributed by atoms with Crippen molar-refractivity contribution in [3.05, 3.63) is 102 Å². The van der Waals surface area contributed by atoms with Crippen molar-refractivity contribution >= 4 is 28.6 Å². The summed E-state index contributed by atoms with van der Waals surface area (Å²) in [5, 5.41) is 4.70. The van der Waals surface area contributed by atoms with Crippen molar-refractivity contribution in [2.45, 2.75) is 0 Å². The van der Waals surface area contributed by atoms with E-state index in [1.807, 2.05) is 54.6 Å². The monoisotopic (exact) mass is 336 g/mol. The van der Waals surface area contributed by atoms with Crippen LogP contribution in [0.5, 0.6) is 0 Å². The molecule has 1 N–H and O–H groups in total. The zero-order chi connectivity index (χ0) is 17.3. The lowest BCUT2D eigenvalue weighted by atomic mass is 10.1. The molecular weight excluding hydrogens is 320 g/mol. The van der Waals surface area contributed by atoms with Crippen LogP contribution in [0.25, 0.3) is 22.9 Å². The molecule has 4 aromatic rings. The number of hydrazone groups is 1. The van der Waals surface area contributed by atoms with E-state index in [-0.39, 0.29) is 0 Å². The first-order chi connectivity index (χ1) is 12.9. The molecular formula is C22H16N4. The number of benzene rings is 3. The maximum absolute atomic E-state index is 4.85. The molecule has 3 aromatic carbocycles. The van der Waals surface area contributed by atoms with Crippen molar-refractivity contribution in [2.24, 2.45) is 5.10 Å². The highest BCUT2D eigenvalue weighted by atomic mass is 15.3. The lowest BCUT2D eigenvalue weighted by molar-refractivity contribution is 0.997. The quantitative estimate of drug-likeness (QED) is 0.591. The van der Waals surface area contributed by atoms with Gasteiger partial charge >= 0.3 is 0 Å². The Morgan fingerprint density at radius 2 is 1.35 bits per heavy atom. The molecule has 26 heavy (non-hydrogen) atoms. The molecule has 0 aliphatic carbocycles. The molecule has 0 saturated carbocycles. The maximum atomic E-state index is 4.85. The Hall–Kier alpha value is -3.66. The lowest BCUT2D eigenvalue weighted by Crippen LogP contribution is -2.11. The summed E-state index contributed by atoms with van der Waals surface area (Å²) in [6.45, 7) is 0. The van der Waals surface area contributed by atoms with Crippen LogP contribution in [-0.4, -0.2) is 15.3 Å². The van der Waals surface area contributed by atoms with Crippen molar-refractivity contribution in [3.8, 4) is 0 Å². The van der Waals surface area contributed by atoms with Gasteiger partial charge in [-0.1, -0.05) is 72.8 Å². The zero-order valence-corrected chi connectivity index (χ0v) is 14.0. The van der Waals surface area contributed by atoms with E-state index < -0.39 is 0 Å². The van der Waals surface area contributed by atoms with Crippen LogP contribution < -0.4 is 5.43 Å². The molecule has 4 nitrogen and oxygen atoms in total. The summed E-state index contributed by atoms with van der Waals surface area (Å²) >= 11 is 0. The molecule has 0 bridgehead atoms. The van der Waals surface area contributed by atoms with Gasteiger partial charge in [0, 0.05) is 17.3 Å². The lowest BCUT2D eigenvalue weighted by Gasteiger charge is -2.06. The van der Waals surface area contributed by atoms with E-state index in [1.54, 1.807) is 0 Å². The van der Waals surface area contributed by atoms with Gasteiger partial charge in [-0.15, -0.1) is 0 Å². The number of hydrogen-bond donors (Lipinski definition) is 1. The summed E-state index contributed by atoms with van der Waals surface area (Å²) in [7, 11) is 0. The van der Waals surface area contributed by atoms with Gasteiger partial charge in [0.1, 0.15) is 5.71 Å². The number of imidazole rings is 1. The fourth-order valence-electron chi connectivity index (χ4n) is 3.21. The first-order valence-corrected chi connectivity index (χ1v) is 8.54. The highest BCUT2D eigenvalue weighted by Crippen LogP contribution is 2.24. The van der Waals surface area contributed by atoms with Gasteiger partial charge in [0.2, 0.25) is 0 Å². The number of hydrogen-bond acceptors (Lipinski definition) is 3. The number of fused-ring (bicyclic) bond motifs is 3. The molecule has 0 unspecified atom stereocenters. The fraction of sp³-hybridized carbons (Fsp3) is 0. The van der Waals surface area contributed by atoms with Crippen molar-refractivity contribution < 1.29 is 0 Å². The number of nitrogens with zero attached hydrogens (tertiary/aromatic N) is 3. The normalized spacial score (nSPS) is 13.4. The molecule has 2 heterocycles. The van der Waals surface area contributed by atoms with Gasteiger partial charge in [-0.05, 0) is 12.1 Å². The summed E-state index contributed by atoms with van der Waals surface area (Å²) in [4.78, 5) is 4.85. The smallest absolute Gasteiger partial charge is 0.166 e. The number of para-hydroxylation sites is 2. The Balaban J connectivity index is 1.77. The van der Waals surface area contributed by atoms with E-state index in [9.17, 15) is 0 Å². The molecule has 0 fully saturated rings. The molecule has 1 aliphatic heterocycles. The third-order valence-corrected chi connectivity index (χ3v) is 4.49. The first kappa shape index (κ1) is 14.7.